The summed E-state index contributed by atoms with van der Waals surface area (Å²) in [5.41, 5.74) is 9.87. The van der Waals surface area contributed by atoms with Gasteiger partial charge in [0.2, 0.25) is 0 Å². The number of likely N-dealkylation sites (tertiary alicyclic amines) is 1. The molecule has 0 spiro atoms. The van der Waals surface area contributed by atoms with Crippen LogP contribution in [0.3, 0.4) is 0 Å². The Balaban J connectivity index is 0.00000156. The Labute approximate surface area is 217 Å². The second-order valence-corrected chi connectivity index (χ2v) is 9.52. The van der Waals surface area contributed by atoms with Crippen molar-refractivity contribution in [3.8, 4) is 6.07 Å². The number of fused-ring (bicyclic) bond motifs is 2. The minimum Gasteiger partial charge on any atom is -0.333 e. The predicted molar refractivity (Wildman–Crippen MR) is 148 cm³/mol. The van der Waals surface area contributed by atoms with Crippen molar-refractivity contribution in [1.29, 1.82) is 5.26 Å². The smallest absolute Gasteiger partial charge is 0.278 e. The van der Waals surface area contributed by atoms with Crippen LogP contribution < -0.4 is 11.3 Å². The highest BCUT2D eigenvalue weighted by molar-refractivity contribution is 5.84. The van der Waals surface area contributed by atoms with E-state index in [0.717, 1.165) is 35.2 Å². The number of pyridine rings is 1. The van der Waals surface area contributed by atoms with E-state index in [-0.39, 0.29) is 5.56 Å². The van der Waals surface area contributed by atoms with Gasteiger partial charge in [-0.1, -0.05) is 36.3 Å². The molecule has 0 radical (unpaired) electrons. The first-order valence-electron chi connectivity index (χ1n) is 12.8. The van der Waals surface area contributed by atoms with Crippen LogP contribution in [0, 0.1) is 11.3 Å². The van der Waals surface area contributed by atoms with E-state index in [1.165, 1.54) is 31.9 Å². The van der Waals surface area contributed by atoms with Crippen molar-refractivity contribution in [3.63, 3.8) is 0 Å². The standard InChI is InChI=1S/C28H30N6O.CH5N/c1-20(2)11-15-34-25(18-32-13-6-3-7-14-32)23(16-29)26-27(34)28(35)33(19-31-26)17-21-10-12-30-24-9-5-4-8-22(21)24;1-2/h4-5,8-12,19H,3,6-7,13-15,17-18H2,1-2H3;2H2,1H3. The van der Waals surface area contributed by atoms with Gasteiger partial charge >= 0.3 is 0 Å². The third-order valence-electron chi connectivity index (χ3n) is 6.83. The van der Waals surface area contributed by atoms with Gasteiger partial charge in [-0.2, -0.15) is 5.26 Å². The van der Waals surface area contributed by atoms with Crippen LogP contribution in [0.1, 0.15) is 49.9 Å². The number of nitrogens with two attached hydrogens (primary N) is 1. The lowest BCUT2D eigenvalue weighted by atomic mass is 10.1. The van der Waals surface area contributed by atoms with Crippen molar-refractivity contribution >= 4 is 21.9 Å². The first-order valence-corrected chi connectivity index (χ1v) is 12.8. The van der Waals surface area contributed by atoms with Crippen LogP contribution in [-0.2, 0) is 19.6 Å². The topological polar surface area (TPSA) is 106 Å². The molecule has 3 aromatic heterocycles. The van der Waals surface area contributed by atoms with E-state index in [2.05, 4.69) is 32.7 Å². The number of para-hydroxylation sites is 1. The van der Waals surface area contributed by atoms with Crippen LogP contribution in [-0.4, -0.2) is 44.1 Å². The largest absolute Gasteiger partial charge is 0.333 e. The van der Waals surface area contributed by atoms with Gasteiger partial charge in [0.1, 0.15) is 22.7 Å². The number of nitrogens with zero attached hydrogens (tertiary/aromatic N) is 6. The molecule has 8 nitrogen and oxygen atoms in total. The zero-order valence-electron chi connectivity index (χ0n) is 21.9. The molecule has 0 atom stereocenters. The molecule has 1 saturated heterocycles. The number of benzene rings is 1. The Hall–Kier alpha value is -3.80. The summed E-state index contributed by atoms with van der Waals surface area (Å²) in [6, 6.07) is 12.3. The van der Waals surface area contributed by atoms with Crippen LogP contribution in [0.4, 0.5) is 0 Å². The molecule has 2 N–H and O–H groups in total. The highest BCUT2D eigenvalue weighted by Gasteiger charge is 2.24. The monoisotopic (exact) mass is 497 g/mol. The highest BCUT2D eigenvalue weighted by Crippen LogP contribution is 2.25. The second-order valence-electron chi connectivity index (χ2n) is 9.52. The average Bonchev–Trinajstić information content (AvgIpc) is 3.23. The summed E-state index contributed by atoms with van der Waals surface area (Å²) in [4.78, 5) is 25.3. The van der Waals surface area contributed by atoms with Crippen LogP contribution >= 0.6 is 0 Å². The summed E-state index contributed by atoms with van der Waals surface area (Å²) in [6.07, 6.45) is 9.04. The average molecular weight is 498 g/mol. The molecule has 0 amide bonds. The molecule has 8 heteroatoms. The molecule has 4 aromatic rings. The molecule has 192 valence electrons. The molecule has 5 rings (SSSR count). The van der Waals surface area contributed by atoms with Gasteiger partial charge in [-0.25, -0.2) is 4.98 Å². The lowest BCUT2D eigenvalue weighted by Crippen LogP contribution is -2.30. The van der Waals surface area contributed by atoms with E-state index in [1.54, 1.807) is 17.1 Å². The molecule has 1 aliphatic heterocycles. The maximum Gasteiger partial charge on any atom is 0.278 e. The zero-order chi connectivity index (χ0) is 26.4. The molecular weight excluding hydrogens is 462 g/mol. The molecule has 0 unspecified atom stereocenters. The molecule has 1 fully saturated rings. The number of allylic oxidation sites excluding steroid dienone is 2. The molecule has 4 heterocycles. The van der Waals surface area contributed by atoms with Crippen LogP contribution in [0.2, 0.25) is 0 Å². The summed E-state index contributed by atoms with van der Waals surface area (Å²) >= 11 is 0. The Morgan fingerprint density at radius 1 is 1.08 bits per heavy atom. The number of rotatable bonds is 6. The maximum atomic E-state index is 13.9. The Bertz CT molecular complexity index is 1510. The van der Waals surface area contributed by atoms with Gasteiger partial charge in [-0.05, 0) is 64.5 Å². The van der Waals surface area contributed by atoms with Crippen LogP contribution in [0.5, 0.6) is 0 Å². The summed E-state index contributed by atoms with van der Waals surface area (Å²) < 4.78 is 3.67. The maximum absolute atomic E-state index is 13.9. The number of hydrogen-bond acceptors (Lipinski definition) is 6. The van der Waals surface area contributed by atoms with E-state index in [9.17, 15) is 10.1 Å². The lowest BCUT2D eigenvalue weighted by molar-refractivity contribution is 0.216. The van der Waals surface area contributed by atoms with E-state index in [4.69, 9.17) is 0 Å². The molecule has 1 aromatic carbocycles. The van der Waals surface area contributed by atoms with Crippen molar-refractivity contribution in [1.82, 2.24) is 24.0 Å². The Morgan fingerprint density at radius 2 is 1.84 bits per heavy atom. The fraction of sp³-hybridized carbons (Fsp3) is 0.379. The van der Waals surface area contributed by atoms with Crippen molar-refractivity contribution in [3.05, 3.63) is 81.7 Å². The van der Waals surface area contributed by atoms with Gasteiger partial charge in [-0.3, -0.25) is 19.2 Å². The number of nitriles is 1. The Kier molecular flexibility index (Phi) is 8.49. The van der Waals surface area contributed by atoms with E-state index < -0.39 is 0 Å². The SMILES string of the molecule is CC(C)=CCn1c(CN2CCCCC2)c(C#N)c2ncn(Cc3ccnc4ccccc34)c(=O)c21.CN. The first kappa shape index (κ1) is 26.3. The summed E-state index contributed by atoms with van der Waals surface area (Å²) in [6.45, 7) is 7.72. The van der Waals surface area contributed by atoms with Crippen LogP contribution in [0.25, 0.3) is 21.9 Å². The molecule has 37 heavy (non-hydrogen) atoms. The number of hydrogen-bond donors (Lipinski definition) is 1. The minimum atomic E-state index is -0.126. The summed E-state index contributed by atoms with van der Waals surface area (Å²) in [5, 5.41) is 11.1. The Morgan fingerprint density at radius 3 is 2.57 bits per heavy atom. The lowest BCUT2D eigenvalue weighted by Gasteiger charge is -2.27. The second kappa shape index (κ2) is 12.0. The van der Waals surface area contributed by atoms with Crippen molar-refractivity contribution in [2.45, 2.75) is 52.7 Å². The van der Waals surface area contributed by atoms with Gasteiger partial charge in [-0.15, -0.1) is 0 Å². The molecular formula is C29H35N7O. The van der Waals surface area contributed by atoms with Crippen molar-refractivity contribution in [2.75, 3.05) is 20.1 Å². The van der Waals surface area contributed by atoms with Gasteiger partial charge < -0.3 is 10.3 Å². The van der Waals surface area contributed by atoms with Gasteiger partial charge in [0.25, 0.3) is 5.56 Å². The van der Waals surface area contributed by atoms with E-state index in [0.29, 0.717) is 36.2 Å². The van der Waals surface area contributed by atoms with E-state index >= 15 is 0 Å². The molecule has 0 saturated carbocycles. The van der Waals surface area contributed by atoms with Crippen LogP contribution in [0.15, 0.2) is 59.3 Å². The summed E-state index contributed by atoms with van der Waals surface area (Å²) in [5.74, 6) is 0. The van der Waals surface area contributed by atoms with Crippen molar-refractivity contribution < 1.29 is 0 Å². The van der Waals surface area contributed by atoms with Gasteiger partial charge in [0.05, 0.1) is 24.1 Å². The first-order chi connectivity index (χ1) is 18.1. The molecule has 0 aliphatic carbocycles. The third-order valence-corrected chi connectivity index (χ3v) is 6.83. The normalized spacial score (nSPS) is 13.7. The van der Waals surface area contributed by atoms with Crippen molar-refractivity contribution in [2.24, 2.45) is 5.73 Å². The van der Waals surface area contributed by atoms with Gasteiger partial charge in [0.15, 0.2) is 0 Å². The fourth-order valence-corrected chi connectivity index (χ4v) is 4.99. The zero-order valence-corrected chi connectivity index (χ0v) is 21.9. The summed E-state index contributed by atoms with van der Waals surface area (Å²) in [7, 11) is 1.50. The highest BCUT2D eigenvalue weighted by atomic mass is 16.1. The number of aromatic nitrogens is 4. The molecule has 0 bridgehead atoms. The van der Waals surface area contributed by atoms with E-state index in [1.807, 2.05) is 48.7 Å². The minimum absolute atomic E-state index is 0.126. The van der Waals surface area contributed by atoms with Gasteiger partial charge in [0, 0.05) is 24.7 Å². The number of piperidine rings is 1. The third kappa shape index (κ3) is 5.48. The predicted octanol–water partition coefficient (Wildman–Crippen LogP) is 4.19. The quantitative estimate of drug-likeness (QED) is 0.400. The molecule has 1 aliphatic rings. The fourth-order valence-electron chi connectivity index (χ4n) is 4.99.